The molecule has 8 heteroatoms. The Bertz CT molecular complexity index is 389. The van der Waals surface area contributed by atoms with Crippen LogP contribution in [0.3, 0.4) is 0 Å². The van der Waals surface area contributed by atoms with Crippen LogP contribution >= 0.6 is 0 Å². The van der Waals surface area contributed by atoms with Gasteiger partial charge < -0.3 is 20.1 Å². The smallest absolute Gasteiger partial charge is 0.409 e. The number of carbonyl (C=O) groups is 1. The second kappa shape index (κ2) is 6.31. The van der Waals surface area contributed by atoms with E-state index in [9.17, 15) is 4.79 Å². The second-order valence-electron chi connectivity index (χ2n) is 3.98. The van der Waals surface area contributed by atoms with Crippen molar-refractivity contribution in [2.24, 2.45) is 0 Å². The number of piperazine rings is 1. The Morgan fingerprint density at radius 1 is 1.50 bits per heavy atom. The lowest BCUT2D eigenvalue weighted by atomic mass is 10.4. The van der Waals surface area contributed by atoms with E-state index in [-0.39, 0.29) is 19.3 Å². The van der Waals surface area contributed by atoms with Crippen molar-refractivity contribution in [3.63, 3.8) is 0 Å². The Hall–Kier alpha value is -1.67. The van der Waals surface area contributed by atoms with Crippen LogP contribution in [0.4, 0.5) is 4.79 Å². The molecule has 0 aliphatic carbocycles. The highest BCUT2D eigenvalue weighted by molar-refractivity contribution is 5.67. The van der Waals surface area contributed by atoms with Gasteiger partial charge in [0.1, 0.15) is 12.3 Å². The fourth-order valence-electron chi connectivity index (χ4n) is 1.69. The molecule has 0 bridgehead atoms. The van der Waals surface area contributed by atoms with Crippen LogP contribution in [0.1, 0.15) is 5.69 Å². The monoisotopic (exact) mass is 255 g/mol. The molecule has 1 aromatic rings. The van der Waals surface area contributed by atoms with Crippen LogP contribution in [-0.2, 0) is 17.9 Å². The maximum Gasteiger partial charge on any atom is 0.409 e. The van der Waals surface area contributed by atoms with Crippen LogP contribution in [0.2, 0.25) is 0 Å². The number of ether oxygens (including phenoxy) is 1. The first-order valence-electron chi connectivity index (χ1n) is 5.92. The summed E-state index contributed by atoms with van der Waals surface area (Å²) in [4.78, 5) is 13.3. The van der Waals surface area contributed by atoms with E-state index in [0.717, 1.165) is 13.1 Å². The number of aromatic nitrogens is 3. The van der Waals surface area contributed by atoms with Gasteiger partial charge >= 0.3 is 6.09 Å². The molecule has 2 rings (SSSR count). The number of aliphatic hydroxyl groups excluding tert-OH is 1. The molecule has 1 amide bonds. The van der Waals surface area contributed by atoms with E-state index < -0.39 is 0 Å². The van der Waals surface area contributed by atoms with Gasteiger partial charge in [-0.05, 0) is 0 Å². The van der Waals surface area contributed by atoms with E-state index in [4.69, 9.17) is 9.84 Å². The Morgan fingerprint density at radius 2 is 2.28 bits per heavy atom. The van der Waals surface area contributed by atoms with Crippen molar-refractivity contribution in [1.82, 2.24) is 25.2 Å². The molecule has 1 aromatic heterocycles. The first kappa shape index (κ1) is 12.8. The minimum Gasteiger partial charge on any atom is -0.447 e. The maximum absolute atomic E-state index is 11.6. The number of hydrogen-bond donors (Lipinski definition) is 2. The first-order valence-corrected chi connectivity index (χ1v) is 5.92. The molecular formula is C10H17N5O3. The number of nitrogens with zero attached hydrogens (tertiary/aromatic N) is 4. The highest BCUT2D eigenvalue weighted by Gasteiger charge is 2.16. The SMILES string of the molecule is O=C(OCCn1cc(CO)nn1)N1CCNCC1. The van der Waals surface area contributed by atoms with Crippen molar-refractivity contribution < 1.29 is 14.6 Å². The molecule has 1 aliphatic rings. The zero-order valence-electron chi connectivity index (χ0n) is 10.1. The number of rotatable bonds is 4. The average Bonchev–Trinajstić information content (AvgIpc) is 2.87. The Morgan fingerprint density at radius 3 is 2.94 bits per heavy atom. The molecule has 0 unspecified atom stereocenters. The molecule has 2 N–H and O–H groups in total. The standard InChI is InChI=1S/C10H17N5O3/c16-8-9-7-15(13-12-9)5-6-18-10(17)14-3-1-11-2-4-14/h7,11,16H,1-6,8H2. The van der Waals surface area contributed by atoms with E-state index in [1.807, 2.05) is 0 Å². The molecular weight excluding hydrogens is 238 g/mol. The predicted molar refractivity (Wildman–Crippen MR) is 61.7 cm³/mol. The van der Waals surface area contributed by atoms with Crippen LogP contribution in [0, 0.1) is 0 Å². The molecule has 2 heterocycles. The van der Waals surface area contributed by atoms with Crippen LogP contribution < -0.4 is 5.32 Å². The van der Waals surface area contributed by atoms with E-state index in [0.29, 0.717) is 25.3 Å². The largest absolute Gasteiger partial charge is 0.447 e. The first-order chi connectivity index (χ1) is 8.79. The van der Waals surface area contributed by atoms with Crippen molar-refractivity contribution in [2.45, 2.75) is 13.2 Å². The summed E-state index contributed by atoms with van der Waals surface area (Å²) < 4.78 is 6.67. The van der Waals surface area contributed by atoms with Crippen molar-refractivity contribution in [3.05, 3.63) is 11.9 Å². The lowest BCUT2D eigenvalue weighted by Gasteiger charge is -2.26. The molecule has 8 nitrogen and oxygen atoms in total. The summed E-state index contributed by atoms with van der Waals surface area (Å²) in [7, 11) is 0. The Kier molecular flexibility index (Phi) is 4.48. The quantitative estimate of drug-likeness (QED) is 0.703. The number of nitrogens with one attached hydrogen (secondary N) is 1. The maximum atomic E-state index is 11.6. The van der Waals surface area contributed by atoms with Crippen LogP contribution in [0.5, 0.6) is 0 Å². The molecule has 1 saturated heterocycles. The van der Waals surface area contributed by atoms with Gasteiger partial charge in [-0.1, -0.05) is 5.21 Å². The summed E-state index contributed by atoms with van der Waals surface area (Å²) in [5.74, 6) is 0. The van der Waals surface area contributed by atoms with Gasteiger partial charge in [0.05, 0.1) is 19.3 Å². The highest BCUT2D eigenvalue weighted by atomic mass is 16.6. The average molecular weight is 255 g/mol. The molecule has 0 saturated carbocycles. The third-order valence-electron chi connectivity index (χ3n) is 2.67. The molecule has 1 aliphatic heterocycles. The second-order valence-corrected chi connectivity index (χ2v) is 3.98. The Balaban J connectivity index is 1.69. The minimum atomic E-state index is -0.293. The van der Waals surface area contributed by atoms with Crippen molar-refractivity contribution in [1.29, 1.82) is 0 Å². The van der Waals surface area contributed by atoms with Crippen molar-refractivity contribution in [3.8, 4) is 0 Å². The van der Waals surface area contributed by atoms with Gasteiger partial charge in [0.25, 0.3) is 0 Å². The van der Waals surface area contributed by atoms with Gasteiger partial charge in [-0.15, -0.1) is 5.10 Å². The summed E-state index contributed by atoms with van der Waals surface area (Å²) in [6.07, 6.45) is 1.33. The van der Waals surface area contributed by atoms with Crippen LogP contribution in [0.25, 0.3) is 0 Å². The molecule has 0 atom stereocenters. The summed E-state index contributed by atoms with van der Waals surface area (Å²) in [6, 6.07) is 0. The zero-order chi connectivity index (χ0) is 12.8. The van der Waals surface area contributed by atoms with E-state index in [2.05, 4.69) is 15.6 Å². The molecule has 0 radical (unpaired) electrons. The summed E-state index contributed by atoms with van der Waals surface area (Å²) in [6.45, 7) is 3.51. The van der Waals surface area contributed by atoms with Gasteiger partial charge in [-0.3, -0.25) is 0 Å². The number of aliphatic hydroxyl groups is 1. The Labute approximate surface area is 105 Å². The van der Waals surface area contributed by atoms with Gasteiger partial charge in [0.15, 0.2) is 0 Å². The third-order valence-corrected chi connectivity index (χ3v) is 2.67. The molecule has 0 aromatic carbocycles. The fraction of sp³-hybridized carbons (Fsp3) is 0.700. The van der Waals surface area contributed by atoms with Crippen LogP contribution in [0.15, 0.2) is 6.20 Å². The van der Waals surface area contributed by atoms with Crippen LogP contribution in [-0.4, -0.2) is 63.9 Å². The van der Waals surface area contributed by atoms with Crippen molar-refractivity contribution in [2.75, 3.05) is 32.8 Å². The molecule has 1 fully saturated rings. The number of hydrogen-bond acceptors (Lipinski definition) is 6. The van der Waals surface area contributed by atoms with E-state index >= 15 is 0 Å². The van der Waals surface area contributed by atoms with Crippen molar-refractivity contribution >= 4 is 6.09 Å². The highest BCUT2D eigenvalue weighted by Crippen LogP contribution is 1.98. The van der Waals surface area contributed by atoms with Gasteiger partial charge in [0.2, 0.25) is 0 Å². The summed E-state index contributed by atoms with van der Waals surface area (Å²) >= 11 is 0. The summed E-state index contributed by atoms with van der Waals surface area (Å²) in [5, 5.41) is 19.5. The number of amides is 1. The predicted octanol–water partition coefficient (Wildman–Crippen LogP) is -1.19. The fourth-order valence-corrected chi connectivity index (χ4v) is 1.69. The van der Waals surface area contributed by atoms with Gasteiger partial charge in [0, 0.05) is 26.2 Å². The lowest BCUT2D eigenvalue weighted by molar-refractivity contribution is 0.0936. The molecule has 18 heavy (non-hydrogen) atoms. The summed E-state index contributed by atoms with van der Waals surface area (Å²) in [5.41, 5.74) is 0.503. The van der Waals surface area contributed by atoms with Gasteiger partial charge in [-0.25, -0.2) is 9.48 Å². The number of carbonyl (C=O) groups excluding carboxylic acids is 1. The van der Waals surface area contributed by atoms with E-state index in [1.54, 1.807) is 11.1 Å². The zero-order valence-corrected chi connectivity index (χ0v) is 10.1. The van der Waals surface area contributed by atoms with E-state index in [1.165, 1.54) is 4.68 Å². The molecule has 100 valence electrons. The third kappa shape index (κ3) is 3.41. The van der Waals surface area contributed by atoms with Gasteiger partial charge in [-0.2, -0.15) is 0 Å². The normalized spacial score (nSPS) is 15.7. The lowest BCUT2D eigenvalue weighted by Crippen LogP contribution is -2.46. The topological polar surface area (TPSA) is 92.5 Å². The molecule has 0 spiro atoms. The minimum absolute atomic E-state index is 0.138.